The van der Waals surface area contributed by atoms with Gasteiger partial charge in [0.25, 0.3) is 17.5 Å². The van der Waals surface area contributed by atoms with E-state index in [-0.39, 0.29) is 23.4 Å². The Morgan fingerprint density at radius 1 is 1.21 bits per heavy atom. The van der Waals surface area contributed by atoms with Crippen LogP contribution in [0.1, 0.15) is 26.3 Å². The number of benzene rings is 2. The molecular weight excluding hydrogens is 380 g/mol. The van der Waals surface area contributed by atoms with Gasteiger partial charge in [0.15, 0.2) is 0 Å². The molecule has 0 spiro atoms. The maximum Gasteiger partial charge on any atom is 0.282 e. The molecule has 2 amide bonds. The van der Waals surface area contributed by atoms with E-state index < -0.39 is 16.7 Å². The second-order valence-electron chi connectivity index (χ2n) is 5.12. The van der Waals surface area contributed by atoms with Gasteiger partial charge >= 0.3 is 0 Å². The molecule has 122 valence electrons. The molecule has 1 aliphatic heterocycles. The monoisotopic (exact) mass is 390 g/mol. The third-order valence-electron chi connectivity index (χ3n) is 3.73. The summed E-state index contributed by atoms with van der Waals surface area (Å²) in [6.07, 6.45) is 0. The van der Waals surface area contributed by atoms with Crippen LogP contribution >= 0.6 is 15.9 Å². The summed E-state index contributed by atoms with van der Waals surface area (Å²) >= 11 is 3.34. The molecule has 8 heteroatoms. The molecule has 1 heterocycles. The number of rotatable bonds is 4. The summed E-state index contributed by atoms with van der Waals surface area (Å²) in [6, 6.07) is 9.21. The number of nitro benzene ring substituents is 1. The number of fused-ring (bicyclic) bond motifs is 1. The Morgan fingerprint density at radius 3 is 2.58 bits per heavy atom. The number of hydrogen-bond acceptors (Lipinski definition) is 5. The summed E-state index contributed by atoms with van der Waals surface area (Å²) in [7, 11) is 1.53. The van der Waals surface area contributed by atoms with Crippen molar-refractivity contribution >= 4 is 33.4 Å². The molecule has 0 fully saturated rings. The lowest BCUT2D eigenvalue weighted by atomic mass is 10.1. The molecule has 0 radical (unpaired) electrons. The molecule has 1 aliphatic rings. The Hall–Kier alpha value is -2.74. The van der Waals surface area contributed by atoms with Crippen LogP contribution in [-0.2, 0) is 6.54 Å². The number of ether oxygens (including phenoxy) is 1. The smallest absolute Gasteiger partial charge is 0.282 e. The van der Waals surface area contributed by atoms with Crippen LogP contribution in [0, 0.1) is 10.1 Å². The van der Waals surface area contributed by atoms with E-state index in [1.54, 1.807) is 18.2 Å². The first-order chi connectivity index (χ1) is 11.4. The molecule has 0 aromatic heterocycles. The van der Waals surface area contributed by atoms with Crippen molar-refractivity contribution in [1.29, 1.82) is 0 Å². The Bertz CT molecular complexity index is 881. The van der Waals surface area contributed by atoms with Crippen molar-refractivity contribution in [3.8, 4) is 5.75 Å². The molecule has 3 rings (SSSR count). The van der Waals surface area contributed by atoms with Crippen molar-refractivity contribution in [2.24, 2.45) is 0 Å². The summed E-state index contributed by atoms with van der Waals surface area (Å²) < 4.78 is 5.82. The second-order valence-corrected chi connectivity index (χ2v) is 5.98. The average molecular weight is 391 g/mol. The third kappa shape index (κ3) is 2.54. The quantitative estimate of drug-likeness (QED) is 0.454. The van der Waals surface area contributed by atoms with Crippen LogP contribution in [0.3, 0.4) is 0 Å². The Morgan fingerprint density at radius 2 is 1.96 bits per heavy atom. The van der Waals surface area contributed by atoms with E-state index in [9.17, 15) is 19.7 Å². The Labute approximate surface area is 145 Å². The average Bonchev–Trinajstić information content (AvgIpc) is 2.80. The fourth-order valence-electron chi connectivity index (χ4n) is 2.60. The zero-order chi connectivity index (χ0) is 17.4. The minimum absolute atomic E-state index is 0.0199. The van der Waals surface area contributed by atoms with Crippen molar-refractivity contribution in [2.45, 2.75) is 6.54 Å². The third-order valence-corrected chi connectivity index (χ3v) is 4.35. The van der Waals surface area contributed by atoms with Crippen LogP contribution in [0.15, 0.2) is 40.9 Å². The van der Waals surface area contributed by atoms with Crippen molar-refractivity contribution in [3.63, 3.8) is 0 Å². The highest BCUT2D eigenvalue weighted by atomic mass is 79.9. The van der Waals surface area contributed by atoms with Gasteiger partial charge in [0.1, 0.15) is 11.3 Å². The minimum atomic E-state index is -0.658. The first kappa shape index (κ1) is 16.1. The standard InChI is InChI=1S/C16H11BrN2O5/c1-24-13-6-5-9(7-11(13)17)8-18-15(20)10-3-2-4-12(19(22)23)14(10)16(18)21/h2-7H,8H2,1H3. The zero-order valence-corrected chi connectivity index (χ0v) is 14.1. The van der Waals surface area contributed by atoms with Gasteiger partial charge in [0, 0.05) is 6.07 Å². The minimum Gasteiger partial charge on any atom is -0.496 e. The molecule has 0 aliphatic carbocycles. The maximum absolute atomic E-state index is 12.5. The van der Waals surface area contributed by atoms with Gasteiger partial charge in [0.2, 0.25) is 0 Å². The molecular formula is C16H11BrN2O5. The second kappa shape index (κ2) is 6.04. The molecule has 7 nitrogen and oxygen atoms in total. The van der Waals surface area contributed by atoms with Crippen LogP contribution in [0.2, 0.25) is 0 Å². The lowest BCUT2D eigenvalue weighted by molar-refractivity contribution is -0.385. The summed E-state index contributed by atoms with van der Waals surface area (Å²) in [4.78, 5) is 36.4. The maximum atomic E-state index is 12.5. The fourth-order valence-corrected chi connectivity index (χ4v) is 3.19. The normalized spacial score (nSPS) is 13.2. The van der Waals surface area contributed by atoms with E-state index in [1.165, 1.54) is 25.3 Å². The Kier molecular flexibility index (Phi) is 4.06. The van der Waals surface area contributed by atoms with Crippen LogP contribution in [-0.4, -0.2) is 28.7 Å². The van der Waals surface area contributed by atoms with E-state index in [1.807, 2.05) is 0 Å². The molecule has 0 saturated carbocycles. The summed E-state index contributed by atoms with van der Waals surface area (Å²) in [5.74, 6) is -0.573. The number of nitrogens with zero attached hydrogens (tertiary/aromatic N) is 2. The Balaban J connectivity index is 1.96. The molecule has 0 atom stereocenters. The number of carbonyl (C=O) groups is 2. The van der Waals surface area contributed by atoms with Gasteiger partial charge in [0.05, 0.1) is 28.6 Å². The van der Waals surface area contributed by atoms with Gasteiger partial charge in [-0.15, -0.1) is 0 Å². The number of amides is 2. The van der Waals surface area contributed by atoms with Gasteiger partial charge in [-0.25, -0.2) is 0 Å². The highest BCUT2D eigenvalue weighted by Crippen LogP contribution is 2.32. The van der Waals surface area contributed by atoms with E-state index in [4.69, 9.17) is 4.74 Å². The number of nitro groups is 1. The largest absolute Gasteiger partial charge is 0.496 e. The molecule has 0 unspecified atom stereocenters. The number of hydrogen-bond donors (Lipinski definition) is 0. The van der Waals surface area contributed by atoms with Crippen LogP contribution in [0.25, 0.3) is 0 Å². The number of carbonyl (C=O) groups excluding carboxylic acids is 2. The number of halogens is 1. The van der Waals surface area contributed by atoms with Gasteiger partial charge in [-0.05, 0) is 39.7 Å². The van der Waals surface area contributed by atoms with Gasteiger partial charge < -0.3 is 4.74 Å². The lowest BCUT2D eigenvalue weighted by Crippen LogP contribution is -2.29. The topological polar surface area (TPSA) is 89.8 Å². The zero-order valence-electron chi connectivity index (χ0n) is 12.5. The van der Waals surface area contributed by atoms with Crippen molar-refractivity contribution in [1.82, 2.24) is 4.90 Å². The van der Waals surface area contributed by atoms with Crippen molar-refractivity contribution in [3.05, 3.63) is 67.7 Å². The summed E-state index contributed by atoms with van der Waals surface area (Å²) in [5.41, 5.74) is 0.242. The van der Waals surface area contributed by atoms with E-state index in [0.717, 1.165) is 4.90 Å². The molecule has 2 aromatic rings. The fraction of sp³-hybridized carbons (Fsp3) is 0.125. The summed E-state index contributed by atoms with van der Waals surface area (Å²) in [6.45, 7) is 0.0199. The summed E-state index contributed by atoms with van der Waals surface area (Å²) in [5, 5.41) is 11.1. The molecule has 0 N–H and O–H groups in total. The molecule has 24 heavy (non-hydrogen) atoms. The van der Waals surface area contributed by atoms with Crippen LogP contribution in [0.4, 0.5) is 5.69 Å². The predicted molar refractivity (Wildman–Crippen MR) is 88.0 cm³/mol. The number of imide groups is 1. The molecule has 0 bridgehead atoms. The first-order valence-corrected chi connectivity index (χ1v) is 7.69. The van der Waals surface area contributed by atoms with Crippen molar-refractivity contribution in [2.75, 3.05) is 7.11 Å². The SMILES string of the molecule is COc1ccc(CN2C(=O)c3cccc([N+](=O)[O-])c3C2=O)cc1Br. The van der Waals surface area contributed by atoms with E-state index in [2.05, 4.69) is 15.9 Å². The number of methoxy groups -OCH3 is 1. The highest BCUT2D eigenvalue weighted by molar-refractivity contribution is 9.10. The molecule has 0 saturated heterocycles. The first-order valence-electron chi connectivity index (χ1n) is 6.90. The predicted octanol–water partition coefficient (Wildman–Crippen LogP) is 3.16. The van der Waals surface area contributed by atoms with E-state index in [0.29, 0.717) is 15.8 Å². The van der Waals surface area contributed by atoms with Gasteiger partial charge in [-0.2, -0.15) is 0 Å². The van der Waals surface area contributed by atoms with Crippen LogP contribution in [0.5, 0.6) is 5.75 Å². The highest BCUT2D eigenvalue weighted by Gasteiger charge is 2.40. The van der Waals surface area contributed by atoms with Gasteiger partial charge in [-0.3, -0.25) is 24.6 Å². The van der Waals surface area contributed by atoms with E-state index >= 15 is 0 Å². The lowest BCUT2D eigenvalue weighted by Gasteiger charge is -2.14. The van der Waals surface area contributed by atoms with Crippen molar-refractivity contribution < 1.29 is 19.2 Å². The van der Waals surface area contributed by atoms with Crippen LogP contribution < -0.4 is 4.74 Å². The molecule has 2 aromatic carbocycles. The van der Waals surface area contributed by atoms with Gasteiger partial charge in [-0.1, -0.05) is 12.1 Å².